The summed E-state index contributed by atoms with van der Waals surface area (Å²) in [5.74, 6) is 1.54. The zero-order valence-corrected chi connectivity index (χ0v) is 11.9. The van der Waals surface area contributed by atoms with Crippen LogP contribution < -0.4 is 0 Å². The summed E-state index contributed by atoms with van der Waals surface area (Å²) in [5.41, 5.74) is 1.05. The highest BCUT2D eigenvalue weighted by molar-refractivity contribution is 6.31. The molecule has 0 N–H and O–H groups in total. The van der Waals surface area contributed by atoms with Gasteiger partial charge < -0.3 is 0 Å². The van der Waals surface area contributed by atoms with E-state index in [1.807, 2.05) is 24.3 Å². The molecule has 0 atom stereocenters. The summed E-state index contributed by atoms with van der Waals surface area (Å²) in [4.78, 5) is 0. The Bertz CT molecular complexity index is 330. The van der Waals surface area contributed by atoms with E-state index >= 15 is 0 Å². The van der Waals surface area contributed by atoms with E-state index in [4.69, 9.17) is 34.8 Å². The van der Waals surface area contributed by atoms with Gasteiger partial charge in [-0.15, -0.1) is 23.2 Å². The summed E-state index contributed by atoms with van der Waals surface area (Å²) in [6, 6.07) is 7.88. The van der Waals surface area contributed by atoms with E-state index in [1.54, 1.807) is 0 Å². The molecule has 0 saturated heterocycles. The lowest BCUT2D eigenvalue weighted by Gasteiger charge is -2.34. The molecule has 1 rings (SSSR count). The van der Waals surface area contributed by atoms with Crippen LogP contribution in [-0.4, -0.2) is 11.8 Å². The molecule has 0 nitrogen and oxygen atoms in total. The van der Waals surface area contributed by atoms with Gasteiger partial charge in [-0.3, -0.25) is 0 Å². The van der Waals surface area contributed by atoms with Crippen LogP contribution in [0.3, 0.4) is 0 Å². The Labute approximate surface area is 113 Å². The largest absolute Gasteiger partial charge is 0.126 e. The summed E-state index contributed by atoms with van der Waals surface area (Å²) < 4.78 is 0. The first kappa shape index (κ1) is 14.2. The summed E-state index contributed by atoms with van der Waals surface area (Å²) in [7, 11) is 0. The molecule has 0 aromatic heterocycles. The monoisotopic (exact) mass is 278 g/mol. The molecule has 0 unspecified atom stereocenters. The molecule has 0 radical (unpaired) electrons. The molecule has 0 aliphatic heterocycles. The Kier molecular flexibility index (Phi) is 5.43. The third-order valence-electron chi connectivity index (χ3n) is 3.26. The zero-order chi connectivity index (χ0) is 12.2. The summed E-state index contributed by atoms with van der Waals surface area (Å²) in [5, 5.41) is 0.794. The van der Waals surface area contributed by atoms with Gasteiger partial charge in [0, 0.05) is 22.2 Å². The van der Waals surface area contributed by atoms with Crippen LogP contribution in [0, 0.1) is 11.3 Å². The summed E-state index contributed by atoms with van der Waals surface area (Å²) in [6.07, 6.45) is 0.831. The molecule has 1 aromatic carbocycles. The molecule has 3 heteroatoms. The lowest BCUT2D eigenvalue weighted by molar-refractivity contribution is 0.259. The van der Waals surface area contributed by atoms with Crippen molar-refractivity contribution < 1.29 is 0 Å². The lowest BCUT2D eigenvalue weighted by Crippen LogP contribution is -2.34. The molecule has 1 aromatic rings. The maximum absolute atomic E-state index is 6.16. The number of hydrogen-bond acceptors (Lipinski definition) is 0. The lowest BCUT2D eigenvalue weighted by atomic mass is 9.76. The van der Waals surface area contributed by atoms with Crippen molar-refractivity contribution in [2.75, 3.05) is 11.8 Å². The van der Waals surface area contributed by atoms with Gasteiger partial charge in [0.05, 0.1) is 0 Å². The van der Waals surface area contributed by atoms with Gasteiger partial charge in [-0.2, -0.15) is 0 Å². The van der Waals surface area contributed by atoms with Crippen LogP contribution in [0.2, 0.25) is 5.02 Å². The van der Waals surface area contributed by atoms with E-state index in [2.05, 4.69) is 13.8 Å². The molecule has 0 spiro atoms. The summed E-state index contributed by atoms with van der Waals surface area (Å²) >= 11 is 18.4. The van der Waals surface area contributed by atoms with Gasteiger partial charge >= 0.3 is 0 Å². The third kappa shape index (κ3) is 3.06. The molecule has 90 valence electrons. The first-order valence-electron chi connectivity index (χ1n) is 5.41. The van der Waals surface area contributed by atoms with E-state index in [0.29, 0.717) is 17.7 Å². The van der Waals surface area contributed by atoms with Crippen molar-refractivity contribution in [1.29, 1.82) is 0 Å². The second-order valence-corrected chi connectivity index (χ2v) is 5.49. The molecule has 0 amide bonds. The maximum atomic E-state index is 6.16. The van der Waals surface area contributed by atoms with Crippen molar-refractivity contribution in [3.63, 3.8) is 0 Å². The van der Waals surface area contributed by atoms with Gasteiger partial charge in [0.15, 0.2) is 0 Å². The molecule has 0 fully saturated rings. The van der Waals surface area contributed by atoms with Crippen LogP contribution in [0.4, 0.5) is 0 Å². The van der Waals surface area contributed by atoms with E-state index in [0.717, 1.165) is 17.0 Å². The minimum absolute atomic E-state index is 0.0753. The fraction of sp³-hybridized carbons (Fsp3) is 0.538. The third-order valence-corrected chi connectivity index (χ3v) is 4.69. The summed E-state index contributed by atoms with van der Waals surface area (Å²) in [6.45, 7) is 4.31. The average molecular weight is 280 g/mol. The van der Waals surface area contributed by atoms with Crippen molar-refractivity contribution in [2.45, 2.75) is 20.3 Å². The molecule has 0 aliphatic carbocycles. The fourth-order valence-electron chi connectivity index (χ4n) is 1.66. The Morgan fingerprint density at radius 1 is 1.12 bits per heavy atom. The minimum Gasteiger partial charge on any atom is -0.126 e. The molecule has 0 heterocycles. The van der Waals surface area contributed by atoms with Crippen LogP contribution >= 0.6 is 34.8 Å². The van der Waals surface area contributed by atoms with E-state index in [1.165, 1.54) is 0 Å². The molecule has 0 bridgehead atoms. The SMILES string of the molecule is CC(C)C(CCl)(CCl)Cc1ccccc1Cl. The van der Waals surface area contributed by atoms with Gasteiger partial charge in [-0.25, -0.2) is 0 Å². The quantitative estimate of drug-likeness (QED) is 0.665. The Morgan fingerprint density at radius 3 is 2.12 bits per heavy atom. The molecule has 16 heavy (non-hydrogen) atoms. The van der Waals surface area contributed by atoms with Gasteiger partial charge in [0.1, 0.15) is 0 Å². The first-order chi connectivity index (χ1) is 7.55. The number of benzene rings is 1. The standard InChI is InChI=1S/C13H17Cl3/c1-10(2)13(8-14,9-15)7-11-5-3-4-6-12(11)16/h3-6,10H,7-9H2,1-2H3. The highest BCUT2D eigenvalue weighted by Crippen LogP contribution is 2.36. The fourth-order valence-corrected chi connectivity index (χ4v) is 2.96. The minimum atomic E-state index is -0.0753. The molecular weight excluding hydrogens is 263 g/mol. The smallest absolute Gasteiger partial charge is 0.0438 e. The van der Waals surface area contributed by atoms with Crippen LogP contribution in [0.15, 0.2) is 24.3 Å². The topological polar surface area (TPSA) is 0 Å². The van der Waals surface area contributed by atoms with Crippen molar-refractivity contribution in [2.24, 2.45) is 11.3 Å². The first-order valence-corrected chi connectivity index (χ1v) is 6.86. The number of halogens is 3. The van der Waals surface area contributed by atoms with Crippen molar-refractivity contribution in [3.8, 4) is 0 Å². The Hall–Kier alpha value is 0.0900. The number of alkyl halides is 2. The van der Waals surface area contributed by atoms with Crippen molar-refractivity contribution in [1.82, 2.24) is 0 Å². The predicted octanol–water partition coefficient (Wildman–Crippen LogP) is 5.00. The highest BCUT2D eigenvalue weighted by Gasteiger charge is 2.32. The van der Waals surface area contributed by atoms with Crippen LogP contribution in [0.25, 0.3) is 0 Å². The van der Waals surface area contributed by atoms with E-state index in [-0.39, 0.29) is 5.41 Å². The van der Waals surface area contributed by atoms with Crippen LogP contribution in [0.1, 0.15) is 19.4 Å². The normalized spacial score (nSPS) is 12.1. The highest BCUT2D eigenvalue weighted by atomic mass is 35.5. The Balaban J connectivity index is 2.96. The average Bonchev–Trinajstić information content (AvgIpc) is 2.28. The molecule has 0 saturated carbocycles. The number of rotatable bonds is 5. The second-order valence-electron chi connectivity index (χ2n) is 4.55. The van der Waals surface area contributed by atoms with Gasteiger partial charge in [0.2, 0.25) is 0 Å². The van der Waals surface area contributed by atoms with Crippen LogP contribution in [-0.2, 0) is 6.42 Å². The van der Waals surface area contributed by atoms with Gasteiger partial charge in [-0.05, 0) is 24.0 Å². The zero-order valence-electron chi connectivity index (χ0n) is 9.64. The van der Waals surface area contributed by atoms with Crippen LogP contribution in [0.5, 0.6) is 0 Å². The van der Waals surface area contributed by atoms with Gasteiger partial charge in [0.25, 0.3) is 0 Å². The van der Waals surface area contributed by atoms with Crippen molar-refractivity contribution >= 4 is 34.8 Å². The Morgan fingerprint density at radius 2 is 1.69 bits per heavy atom. The number of hydrogen-bond donors (Lipinski definition) is 0. The predicted molar refractivity (Wildman–Crippen MR) is 73.9 cm³/mol. The van der Waals surface area contributed by atoms with Gasteiger partial charge in [-0.1, -0.05) is 43.6 Å². The maximum Gasteiger partial charge on any atom is 0.0438 e. The van der Waals surface area contributed by atoms with E-state index < -0.39 is 0 Å². The van der Waals surface area contributed by atoms with Crippen molar-refractivity contribution in [3.05, 3.63) is 34.9 Å². The second kappa shape index (κ2) is 6.14. The molecule has 0 aliphatic rings. The molecular formula is C13H17Cl3. The van der Waals surface area contributed by atoms with E-state index in [9.17, 15) is 0 Å².